The van der Waals surface area contributed by atoms with Gasteiger partial charge in [-0.15, -0.1) is 11.6 Å². The first-order valence-electron chi connectivity index (χ1n) is 5.15. The van der Waals surface area contributed by atoms with E-state index in [1.807, 2.05) is 0 Å². The molecule has 1 aliphatic rings. The average molecular weight is 269 g/mol. The first kappa shape index (κ1) is 12.5. The van der Waals surface area contributed by atoms with Gasteiger partial charge in [-0.1, -0.05) is 6.07 Å². The lowest BCUT2D eigenvalue weighted by Crippen LogP contribution is -2.22. The number of rotatable bonds is 2. The predicted molar refractivity (Wildman–Crippen MR) is 63.4 cm³/mol. The number of carbonyl (C=O) groups excluding carboxylic acids is 2. The first-order valence-corrected chi connectivity index (χ1v) is 5.59. The zero-order valence-corrected chi connectivity index (χ0v) is 10.1. The van der Waals surface area contributed by atoms with Crippen LogP contribution in [0.4, 0.5) is 5.69 Å². The van der Waals surface area contributed by atoms with Crippen molar-refractivity contribution in [2.75, 3.05) is 0 Å². The van der Waals surface area contributed by atoms with Crippen molar-refractivity contribution < 1.29 is 14.5 Å². The van der Waals surface area contributed by atoms with Gasteiger partial charge in [-0.3, -0.25) is 25.0 Å². The number of halogens is 1. The molecule has 0 radical (unpaired) electrons. The Hall–Kier alpha value is -1.95. The van der Waals surface area contributed by atoms with Gasteiger partial charge in [0, 0.05) is 12.1 Å². The topological polar surface area (TPSA) is 89.3 Å². The van der Waals surface area contributed by atoms with Crippen LogP contribution in [0.15, 0.2) is 18.2 Å². The molecule has 2 rings (SSSR count). The number of carbonyl (C=O) groups is 2. The summed E-state index contributed by atoms with van der Waals surface area (Å²) >= 11 is 5.87. The van der Waals surface area contributed by atoms with Crippen LogP contribution in [0.2, 0.25) is 0 Å². The fourth-order valence-corrected chi connectivity index (χ4v) is 2.28. The van der Waals surface area contributed by atoms with E-state index in [-0.39, 0.29) is 5.69 Å². The normalized spacial score (nSPS) is 23.0. The van der Waals surface area contributed by atoms with E-state index in [2.05, 4.69) is 5.32 Å². The lowest BCUT2D eigenvalue weighted by Gasteiger charge is -2.12. The maximum atomic E-state index is 11.6. The summed E-state index contributed by atoms with van der Waals surface area (Å²) < 4.78 is 0. The van der Waals surface area contributed by atoms with Crippen LogP contribution in [0.25, 0.3) is 0 Å². The summed E-state index contributed by atoms with van der Waals surface area (Å²) in [5, 5.41) is 11.8. The largest absolute Gasteiger partial charge is 0.295 e. The molecule has 2 unspecified atom stereocenters. The number of non-ortho nitro benzene ring substituents is 1. The van der Waals surface area contributed by atoms with E-state index in [9.17, 15) is 19.7 Å². The summed E-state index contributed by atoms with van der Waals surface area (Å²) in [6, 6.07) is 4.11. The molecule has 0 saturated carbocycles. The van der Waals surface area contributed by atoms with Gasteiger partial charge < -0.3 is 0 Å². The number of benzene rings is 1. The van der Waals surface area contributed by atoms with Crippen LogP contribution in [-0.4, -0.2) is 22.1 Å². The average Bonchev–Trinajstić information content (AvgIpc) is 2.54. The highest BCUT2D eigenvalue weighted by Crippen LogP contribution is 2.32. The quantitative estimate of drug-likeness (QED) is 0.378. The smallest absolute Gasteiger partial charge is 0.269 e. The number of alkyl halides is 1. The van der Waals surface area contributed by atoms with Gasteiger partial charge in [0.25, 0.3) is 5.69 Å². The highest BCUT2D eigenvalue weighted by molar-refractivity contribution is 6.37. The molecule has 0 bridgehead atoms. The Morgan fingerprint density at radius 1 is 1.33 bits per heavy atom. The SMILES string of the molecule is Cc1cc([N+](=O)[O-])ccc1C1C(=O)NC(=O)C1Cl. The second-order valence-electron chi connectivity index (χ2n) is 4.03. The van der Waals surface area contributed by atoms with Crippen molar-refractivity contribution in [3.05, 3.63) is 39.4 Å². The Balaban J connectivity index is 2.43. The standard InChI is InChI=1S/C11H9ClN2O4/c1-5-4-6(14(17)18)2-3-7(5)8-9(12)11(16)13-10(8)15/h2-4,8-9H,1H3,(H,13,15,16). The monoisotopic (exact) mass is 268 g/mol. The predicted octanol–water partition coefficient (Wildman–Crippen LogP) is 1.25. The summed E-state index contributed by atoms with van der Waals surface area (Å²) in [4.78, 5) is 33.0. The number of nitrogens with one attached hydrogen (secondary N) is 1. The molecule has 1 aromatic carbocycles. The zero-order chi connectivity index (χ0) is 13.4. The van der Waals surface area contributed by atoms with Crippen LogP contribution in [0.5, 0.6) is 0 Å². The third-order valence-electron chi connectivity index (χ3n) is 2.87. The van der Waals surface area contributed by atoms with Crippen molar-refractivity contribution >= 4 is 29.1 Å². The summed E-state index contributed by atoms with van der Waals surface area (Å²) in [7, 11) is 0. The van der Waals surface area contributed by atoms with Gasteiger partial charge in [0.2, 0.25) is 11.8 Å². The number of imide groups is 1. The molecule has 6 nitrogen and oxygen atoms in total. The molecule has 0 aromatic heterocycles. The van der Waals surface area contributed by atoms with Gasteiger partial charge in [0.1, 0.15) is 5.38 Å². The molecule has 0 spiro atoms. The van der Waals surface area contributed by atoms with Crippen molar-refractivity contribution in [3.63, 3.8) is 0 Å². The fourth-order valence-electron chi connectivity index (χ4n) is 1.97. The van der Waals surface area contributed by atoms with Gasteiger partial charge in [0.05, 0.1) is 10.8 Å². The number of hydrogen-bond acceptors (Lipinski definition) is 4. The number of nitro groups is 1. The minimum Gasteiger partial charge on any atom is -0.295 e. The summed E-state index contributed by atoms with van der Waals surface area (Å²) in [6.07, 6.45) is 0. The maximum Gasteiger partial charge on any atom is 0.269 e. The third kappa shape index (κ3) is 1.95. The van der Waals surface area contributed by atoms with Crippen LogP contribution in [-0.2, 0) is 9.59 Å². The lowest BCUT2D eigenvalue weighted by atomic mass is 9.93. The summed E-state index contributed by atoms with van der Waals surface area (Å²) in [6.45, 7) is 1.64. The molecule has 1 aliphatic heterocycles. The number of nitrogens with zero attached hydrogens (tertiary/aromatic N) is 1. The Bertz CT molecular complexity index is 558. The molecule has 1 N–H and O–H groups in total. The number of amides is 2. The second kappa shape index (κ2) is 4.38. The molecule has 2 amide bonds. The highest BCUT2D eigenvalue weighted by atomic mass is 35.5. The summed E-state index contributed by atoms with van der Waals surface area (Å²) in [5.74, 6) is -1.80. The fraction of sp³-hybridized carbons (Fsp3) is 0.273. The van der Waals surface area contributed by atoms with E-state index in [0.717, 1.165) is 0 Å². The summed E-state index contributed by atoms with van der Waals surface area (Å²) in [5.41, 5.74) is 1.03. The Morgan fingerprint density at radius 2 is 2.00 bits per heavy atom. The van der Waals surface area contributed by atoms with Gasteiger partial charge in [-0.25, -0.2) is 0 Å². The molecular formula is C11H9ClN2O4. The molecule has 7 heteroatoms. The Morgan fingerprint density at radius 3 is 2.44 bits per heavy atom. The third-order valence-corrected chi connectivity index (χ3v) is 3.32. The van der Waals surface area contributed by atoms with E-state index >= 15 is 0 Å². The number of aryl methyl sites for hydroxylation is 1. The highest BCUT2D eigenvalue weighted by Gasteiger charge is 2.42. The molecule has 2 atom stereocenters. The van der Waals surface area contributed by atoms with E-state index < -0.39 is 28.0 Å². The molecular weight excluding hydrogens is 260 g/mol. The first-order chi connectivity index (χ1) is 8.41. The van der Waals surface area contributed by atoms with Crippen molar-refractivity contribution in [1.82, 2.24) is 5.32 Å². The maximum absolute atomic E-state index is 11.6. The molecule has 1 saturated heterocycles. The van der Waals surface area contributed by atoms with E-state index in [4.69, 9.17) is 11.6 Å². The molecule has 1 fully saturated rings. The Kier molecular flexibility index (Phi) is 3.04. The molecule has 0 aliphatic carbocycles. The number of hydrogen-bond donors (Lipinski definition) is 1. The van der Waals surface area contributed by atoms with Crippen LogP contribution < -0.4 is 5.32 Å². The van der Waals surface area contributed by atoms with Crippen LogP contribution in [0.1, 0.15) is 17.0 Å². The van der Waals surface area contributed by atoms with E-state index in [1.54, 1.807) is 6.92 Å². The van der Waals surface area contributed by atoms with Crippen molar-refractivity contribution in [1.29, 1.82) is 0 Å². The Labute approximate surface area is 107 Å². The van der Waals surface area contributed by atoms with Crippen molar-refractivity contribution in [3.8, 4) is 0 Å². The van der Waals surface area contributed by atoms with Gasteiger partial charge in [0.15, 0.2) is 0 Å². The van der Waals surface area contributed by atoms with Gasteiger partial charge >= 0.3 is 0 Å². The molecule has 1 heterocycles. The molecule has 18 heavy (non-hydrogen) atoms. The van der Waals surface area contributed by atoms with Gasteiger partial charge in [-0.2, -0.15) is 0 Å². The van der Waals surface area contributed by atoms with Crippen molar-refractivity contribution in [2.24, 2.45) is 0 Å². The minimum absolute atomic E-state index is 0.0629. The number of nitro benzene ring substituents is 1. The van der Waals surface area contributed by atoms with Crippen LogP contribution >= 0.6 is 11.6 Å². The second-order valence-corrected chi connectivity index (χ2v) is 4.50. The van der Waals surface area contributed by atoms with Crippen LogP contribution in [0.3, 0.4) is 0 Å². The van der Waals surface area contributed by atoms with E-state index in [0.29, 0.717) is 11.1 Å². The van der Waals surface area contributed by atoms with E-state index in [1.165, 1.54) is 18.2 Å². The van der Waals surface area contributed by atoms with Crippen molar-refractivity contribution in [2.45, 2.75) is 18.2 Å². The zero-order valence-electron chi connectivity index (χ0n) is 9.34. The lowest BCUT2D eigenvalue weighted by molar-refractivity contribution is -0.384. The molecule has 1 aromatic rings. The van der Waals surface area contributed by atoms with Crippen LogP contribution in [0, 0.1) is 17.0 Å². The minimum atomic E-state index is -0.974. The molecule has 94 valence electrons. The van der Waals surface area contributed by atoms with Gasteiger partial charge in [-0.05, 0) is 18.1 Å².